The summed E-state index contributed by atoms with van der Waals surface area (Å²) in [5, 5.41) is 2.39. The second-order valence-electron chi connectivity index (χ2n) is 8.86. The van der Waals surface area contributed by atoms with Crippen molar-refractivity contribution in [3.63, 3.8) is 0 Å². The number of benzene rings is 4. The summed E-state index contributed by atoms with van der Waals surface area (Å²) in [5.41, 5.74) is 4.18. The number of thioether (sulfide) groups is 1. The summed E-state index contributed by atoms with van der Waals surface area (Å²) in [5.74, 6) is 1.23. The number of amides is 1. The van der Waals surface area contributed by atoms with Crippen molar-refractivity contribution in [2.45, 2.75) is 27.0 Å². The van der Waals surface area contributed by atoms with Crippen molar-refractivity contribution in [2.24, 2.45) is 0 Å². The molecule has 1 aliphatic heterocycles. The Morgan fingerprint density at radius 2 is 1.62 bits per heavy atom. The van der Waals surface area contributed by atoms with E-state index in [4.69, 9.17) is 21.7 Å². The van der Waals surface area contributed by atoms with Crippen molar-refractivity contribution in [3.8, 4) is 11.5 Å². The third-order valence-corrected chi connectivity index (χ3v) is 7.49. The third kappa shape index (κ3) is 5.87. The topological polar surface area (TPSA) is 38.8 Å². The maximum atomic E-state index is 13.1. The minimum absolute atomic E-state index is 0.0786. The second kappa shape index (κ2) is 11.2. The number of thiocarbonyl (C=S) groups is 1. The Balaban J connectivity index is 1.31. The van der Waals surface area contributed by atoms with Gasteiger partial charge in [0.25, 0.3) is 5.91 Å². The minimum atomic E-state index is -0.0786. The van der Waals surface area contributed by atoms with Crippen LogP contribution in [0.1, 0.15) is 29.2 Å². The summed E-state index contributed by atoms with van der Waals surface area (Å²) < 4.78 is 12.6. The van der Waals surface area contributed by atoms with Crippen molar-refractivity contribution in [1.82, 2.24) is 4.90 Å². The van der Waals surface area contributed by atoms with Gasteiger partial charge in [-0.2, -0.15) is 0 Å². The molecule has 0 bridgehead atoms. The molecule has 1 heterocycles. The molecule has 6 heteroatoms. The van der Waals surface area contributed by atoms with Gasteiger partial charge in [0.2, 0.25) is 0 Å². The maximum Gasteiger partial charge on any atom is 0.266 e. The molecule has 0 N–H and O–H groups in total. The largest absolute Gasteiger partial charge is 0.490 e. The van der Waals surface area contributed by atoms with Gasteiger partial charge in [-0.05, 0) is 65.6 Å². The standard InChI is InChI=1S/C31H27NO3S2/c1-3-34-28-17-23(13-15-27(28)35-20-24-12-14-25-6-4-5-7-26(25)16-24)18-29-30(33)32(31(36)37-29)19-22-10-8-21(2)9-11-22/h4-18H,3,19-20H2,1-2H3. The summed E-state index contributed by atoms with van der Waals surface area (Å²) in [6, 6.07) is 28.5. The molecule has 0 aromatic heterocycles. The molecule has 4 nitrogen and oxygen atoms in total. The number of hydrogen-bond acceptors (Lipinski definition) is 5. The van der Waals surface area contributed by atoms with Crippen LogP contribution in [0, 0.1) is 6.92 Å². The lowest BCUT2D eigenvalue weighted by atomic mass is 10.1. The molecular formula is C31H27NO3S2. The van der Waals surface area contributed by atoms with Crippen LogP contribution < -0.4 is 9.47 Å². The second-order valence-corrected chi connectivity index (χ2v) is 10.5. The molecule has 0 aliphatic carbocycles. The summed E-state index contributed by atoms with van der Waals surface area (Å²) in [6.45, 7) is 5.39. The molecular weight excluding hydrogens is 498 g/mol. The Labute approximate surface area is 226 Å². The summed E-state index contributed by atoms with van der Waals surface area (Å²) in [6.07, 6.45) is 1.87. The smallest absolute Gasteiger partial charge is 0.266 e. The van der Waals surface area contributed by atoms with Gasteiger partial charge in [0.15, 0.2) is 11.5 Å². The first-order chi connectivity index (χ1) is 18.0. The van der Waals surface area contributed by atoms with Gasteiger partial charge in [-0.1, -0.05) is 96.3 Å². The van der Waals surface area contributed by atoms with E-state index in [1.807, 2.05) is 74.5 Å². The van der Waals surface area contributed by atoms with Crippen LogP contribution >= 0.6 is 24.0 Å². The zero-order valence-electron chi connectivity index (χ0n) is 20.8. The number of carbonyl (C=O) groups is 1. The molecule has 0 spiro atoms. The molecule has 5 rings (SSSR count). The van der Waals surface area contributed by atoms with Crippen molar-refractivity contribution in [1.29, 1.82) is 0 Å². The molecule has 4 aromatic rings. The van der Waals surface area contributed by atoms with E-state index < -0.39 is 0 Å². The van der Waals surface area contributed by atoms with Crippen LogP contribution in [-0.2, 0) is 17.9 Å². The Kier molecular flexibility index (Phi) is 7.58. The van der Waals surface area contributed by atoms with Crippen LogP contribution in [0.15, 0.2) is 89.8 Å². The first-order valence-electron chi connectivity index (χ1n) is 12.2. The Bertz CT molecular complexity index is 1490. The molecule has 1 fully saturated rings. The molecule has 1 amide bonds. The lowest BCUT2D eigenvalue weighted by Gasteiger charge is -2.14. The lowest BCUT2D eigenvalue weighted by Crippen LogP contribution is -2.27. The summed E-state index contributed by atoms with van der Waals surface area (Å²) in [7, 11) is 0. The van der Waals surface area contributed by atoms with Gasteiger partial charge in [-0.15, -0.1) is 0 Å². The number of aryl methyl sites for hydroxylation is 1. The fourth-order valence-electron chi connectivity index (χ4n) is 4.16. The Hall–Kier alpha value is -3.61. The van der Waals surface area contributed by atoms with Gasteiger partial charge in [0.05, 0.1) is 18.1 Å². The average Bonchev–Trinajstić information content (AvgIpc) is 3.16. The first-order valence-corrected chi connectivity index (χ1v) is 13.4. The lowest BCUT2D eigenvalue weighted by molar-refractivity contribution is -0.122. The van der Waals surface area contributed by atoms with Crippen LogP contribution in [0.2, 0.25) is 0 Å². The normalized spacial score (nSPS) is 14.5. The van der Waals surface area contributed by atoms with Crippen molar-refractivity contribution >= 4 is 51.1 Å². The maximum absolute atomic E-state index is 13.1. The van der Waals surface area contributed by atoms with E-state index >= 15 is 0 Å². The summed E-state index contributed by atoms with van der Waals surface area (Å²) >= 11 is 6.84. The first kappa shape index (κ1) is 25.1. The number of nitrogens with zero attached hydrogens (tertiary/aromatic N) is 1. The zero-order chi connectivity index (χ0) is 25.8. The van der Waals surface area contributed by atoms with Crippen molar-refractivity contribution in [3.05, 3.63) is 112 Å². The minimum Gasteiger partial charge on any atom is -0.490 e. The highest BCUT2D eigenvalue weighted by atomic mass is 32.2. The van der Waals surface area contributed by atoms with Crippen LogP contribution in [0.25, 0.3) is 16.8 Å². The van der Waals surface area contributed by atoms with E-state index in [1.165, 1.54) is 28.1 Å². The van der Waals surface area contributed by atoms with Gasteiger partial charge in [-0.25, -0.2) is 0 Å². The van der Waals surface area contributed by atoms with Gasteiger partial charge in [0, 0.05) is 0 Å². The molecule has 0 unspecified atom stereocenters. The van der Waals surface area contributed by atoms with E-state index in [2.05, 4.69) is 30.3 Å². The van der Waals surface area contributed by atoms with Gasteiger partial charge in [-0.3, -0.25) is 9.69 Å². The fraction of sp³-hybridized carbons (Fsp3) is 0.161. The zero-order valence-corrected chi connectivity index (χ0v) is 22.4. The third-order valence-electron chi connectivity index (χ3n) is 6.11. The van der Waals surface area contributed by atoms with Gasteiger partial charge >= 0.3 is 0 Å². The Morgan fingerprint density at radius 3 is 2.41 bits per heavy atom. The van der Waals surface area contributed by atoms with Crippen LogP contribution in [0.3, 0.4) is 0 Å². The molecule has 1 aliphatic rings. The highest BCUT2D eigenvalue weighted by Gasteiger charge is 2.32. The predicted octanol–water partition coefficient (Wildman–Crippen LogP) is 7.53. The number of ether oxygens (including phenoxy) is 2. The van der Waals surface area contributed by atoms with E-state index in [9.17, 15) is 4.79 Å². The summed E-state index contributed by atoms with van der Waals surface area (Å²) in [4.78, 5) is 15.4. The van der Waals surface area contributed by atoms with Crippen LogP contribution in [-0.4, -0.2) is 21.7 Å². The molecule has 37 heavy (non-hydrogen) atoms. The van der Waals surface area contributed by atoms with E-state index in [1.54, 1.807) is 4.90 Å². The highest BCUT2D eigenvalue weighted by molar-refractivity contribution is 8.26. The molecule has 0 atom stereocenters. The highest BCUT2D eigenvalue weighted by Crippen LogP contribution is 2.36. The molecule has 4 aromatic carbocycles. The van der Waals surface area contributed by atoms with E-state index in [-0.39, 0.29) is 5.91 Å². The SMILES string of the molecule is CCOc1cc(C=C2SC(=S)N(Cc3ccc(C)cc3)C2=O)ccc1OCc1ccc2ccccc2c1. The predicted molar refractivity (Wildman–Crippen MR) is 156 cm³/mol. The molecule has 0 radical (unpaired) electrons. The quantitative estimate of drug-likeness (QED) is 0.176. The van der Waals surface area contributed by atoms with Crippen molar-refractivity contribution in [2.75, 3.05) is 6.61 Å². The van der Waals surface area contributed by atoms with Gasteiger partial charge in [0.1, 0.15) is 10.9 Å². The molecule has 0 saturated carbocycles. The fourth-order valence-corrected chi connectivity index (χ4v) is 5.41. The molecule has 1 saturated heterocycles. The number of fused-ring (bicyclic) bond motifs is 1. The van der Waals surface area contributed by atoms with E-state index in [0.717, 1.165) is 16.7 Å². The van der Waals surface area contributed by atoms with E-state index in [0.29, 0.717) is 40.5 Å². The molecule has 186 valence electrons. The Morgan fingerprint density at radius 1 is 0.865 bits per heavy atom. The monoisotopic (exact) mass is 525 g/mol. The van der Waals surface area contributed by atoms with Crippen molar-refractivity contribution < 1.29 is 14.3 Å². The van der Waals surface area contributed by atoms with Crippen LogP contribution in [0.5, 0.6) is 11.5 Å². The van der Waals surface area contributed by atoms with Gasteiger partial charge < -0.3 is 9.47 Å². The number of hydrogen-bond donors (Lipinski definition) is 0. The number of carbonyl (C=O) groups excluding carboxylic acids is 1. The number of rotatable bonds is 8. The average molecular weight is 526 g/mol. The van der Waals surface area contributed by atoms with Crippen LogP contribution in [0.4, 0.5) is 0 Å².